The third kappa shape index (κ3) is 5.11. The number of ether oxygens (including phenoxy) is 3. The summed E-state index contributed by atoms with van der Waals surface area (Å²) < 4.78 is 21.7. The van der Waals surface area contributed by atoms with Crippen molar-refractivity contribution >= 4 is 23.0 Å². The van der Waals surface area contributed by atoms with Crippen LogP contribution in [0.1, 0.15) is 61.6 Å². The van der Waals surface area contributed by atoms with Crippen LogP contribution in [-0.4, -0.2) is 74.4 Å². The van der Waals surface area contributed by atoms with Crippen LogP contribution < -0.4 is 4.74 Å². The quantitative estimate of drug-likeness (QED) is 0.593. The van der Waals surface area contributed by atoms with E-state index >= 15 is 0 Å². The lowest BCUT2D eigenvalue weighted by molar-refractivity contribution is 0.0492. The fraction of sp³-hybridized carbons (Fsp3) is 0.600. The normalized spacial score (nSPS) is 18.5. The lowest BCUT2D eigenvalue weighted by Crippen LogP contribution is -2.48. The molecule has 2 aromatic rings. The zero-order valence-corrected chi connectivity index (χ0v) is 19.8. The number of carbonyl (C=O) groups is 2. The van der Waals surface area contributed by atoms with Gasteiger partial charge in [-0.05, 0) is 76.7 Å². The van der Waals surface area contributed by atoms with Gasteiger partial charge in [0.05, 0.1) is 20.3 Å². The van der Waals surface area contributed by atoms with E-state index in [1.54, 1.807) is 20.1 Å². The molecule has 1 aromatic heterocycles. The number of furan rings is 1. The Bertz CT molecular complexity index is 971. The number of rotatable bonds is 6. The molecule has 8 heteroatoms. The molecule has 0 spiro atoms. The molecule has 4 rings (SSSR count). The molecule has 2 saturated heterocycles. The number of hydrogen-bond acceptors (Lipinski definition) is 7. The number of esters is 1. The summed E-state index contributed by atoms with van der Waals surface area (Å²) in [5.41, 5.74) is 1.84. The Hall–Kier alpha value is -2.74. The molecule has 2 fully saturated rings. The first-order valence-corrected chi connectivity index (χ1v) is 12.0. The molecule has 1 aromatic carbocycles. The minimum absolute atomic E-state index is 0.197. The maximum Gasteiger partial charge on any atom is 0.409 e. The standard InChI is InChI=1S/C25H34N2O6/c1-4-31-24(28)22-15-18-14-20(30-3)16-21(23(18)33-22)17-6-10-26(11-7-17)19-8-12-27(13-9-19)25(29)32-5-2/h14-17,19H,4-13H2,1-3H3. The fourth-order valence-electron chi connectivity index (χ4n) is 5.08. The molecule has 0 aliphatic carbocycles. The smallest absolute Gasteiger partial charge is 0.409 e. The van der Waals surface area contributed by atoms with Crippen LogP contribution >= 0.6 is 0 Å². The van der Waals surface area contributed by atoms with Gasteiger partial charge in [0.2, 0.25) is 5.76 Å². The molecule has 3 heterocycles. The highest BCUT2D eigenvalue weighted by molar-refractivity contribution is 5.94. The zero-order valence-electron chi connectivity index (χ0n) is 19.8. The highest BCUT2D eigenvalue weighted by Crippen LogP contribution is 2.38. The van der Waals surface area contributed by atoms with E-state index in [0.717, 1.165) is 74.1 Å². The van der Waals surface area contributed by atoms with Crippen molar-refractivity contribution in [2.75, 3.05) is 46.5 Å². The Morgan fingerprint density at radius 3 is 2.30 bits per heavy atom. The SMILES string of the molecule is CCOC(=O)c1cc2cc(OC)cc(C3CCN(C4CCN(C(=O)OCC)CC4)CC3)c2o1. The molecule has 2 aliphatic rings. The summed E-state index contributed by atoms with van der Waals surface area (Å²) in [5, 5.41) is 0.862. The van der Waals surface area contributed by atoms with Crippen LogP contribution in [0, 0.1) is 0 Å². The molecule has 2 aliphatic heterocycles. The second kappa shape index (κ2) is 10.5. The largest absolute Gasteiger partial charge is 0.497 e. The lowest BCUT2D eigenvalue weighted by atomic mass is 9.87. The van der Waals surface area contributed by atoms with E-state index in [1.807, 2.05) is 24.0 Å². The molecule has 33 heavy (non-hydrogen) atoms. The van der Waals surface area contributed by atoms with E-state index in [1.165, 1.54) is 0 Å². The van der Waals surface area contributed by atoms with Gasteiger partial charge in [0.25, 0.3) is 0 Å². The van der Waals surface area contributed by atoms with Crippen LogP contribution in [0.25, 0.3) is 11.0 Å². The van der Waals surface area contributed by atoms with E-state index in [4.69, 9.17) is 18.6 Å². The second-order valence-electron chi connectivity index (χ2n) is 8.69. The number of carbonyl (C=O) groups excluding carboxylic acids is 2. The molecule has 0 saturated carbocycles. The van der Waals surface area contributed by atoms with Crippen molar-refractivity contribution in [2.45, 2.75) is 51.5 Å². The van der Waals surface area contributed by atoms with E-state index in [-0.39, 0.29) is 11.9 Å². The number of hydrogen-bond donors (Lipinski definition) is 0. The van der Waals surface area contributed by atoms with Crippen molar-refractivity contribution in [2.24, 2.45) is 0 Å². The van der Waals surface area contributed by atoms with Crippen LogP contribution in [0.4, 0.5) is 4.79 Å². The maximum absolute atomic E-state index is 12.2. The predicted octanol–water partition coefficient (Wildman–Crippen LogP) is 4.42. The van der Waals surface area contributed by atoms with Crippen molar-refractivity contribution in [3.05, 3.63) is 29.5 Å². The van der Waals surface area contributed by atoms with Crippen molar-refractivity contribution in [1.82, 2.24) is 9.80 Å². The van der Waals surface area contributed by atoms with Crippen LogP contribution in [0.5, 0.6) is 5.75 Å². The fourth-order valence-corrected chi connectivity index (χ4v) is 5.08. The number of methoxy groups -OCH3 is 1. The number of amides is 1. The van der Waals surface area contributed by atoms with Gasteiger partial charge in [-0.15, -0.1) is 0 Å². The molecule has 0 radical (unpaired) electrons. The first-order chi connectivity index (χ1) is 16.0. The van der Waals surface area contributed by atoms with Gasteiger partial charge in [-0.3, -0.25) is 0 Å². The Morgan fingerprint density at radius 1 is 0.970 bits per heavy atom. The molecule has 1 amide bonds. The van der Waals surface area contributed by atoms with Crippen molar-refractivity contribution < 1.29 is 28.2 Å². The molecular weight excluding hydrogens is 424 g/mol. The van der Waals surface area contributed by atoms with Crippen LogP contribution in [0.3, 0.4) is 0 Å². The van der Waals surface area contributed by atoms with Crippen molar-refractivity contribution in [3.8, 4) is 5.75 Å². The third-order valence-corrected chi connectivity index (χ3v) is 6.81. The third-order valence-electron chi connectivity index (χ3n) is 6.81. The average Bonchev–Trinajstić information content (AvgIpc) is 3.28. The van der Waals surface area contributed by atoms with Crippen LogP contribution in [-0.2, 0) is 9.47 Å². The van der Waals surface area contributed by atoms with E-state index in [2.05, 4.69) is 4.90 Å². The predicted molar refractivity (Wildman–Crippen MR) is 124 cm³/mol. The molecular formula is C25H34N2O6. The minimum Gasteiger partial charge on any atom is -0.497 e. The van der Waals surface area contributed by atoms with Gasteiger partial charge in [-0.25, -0.2) is 9.59 Å². The first kappa shape index (κ1) is 23.4. The Balaban J connectivity index is 1.42. The number of piperidine rings is 2. The van der Waals surface area contributed by atoms with E-state index < -0.39 is 5.97 Å². The van der Waals surface area contributed by atoms with Gasteiger partial charge < -0.3 is 28.4 Å². The van der Waals surface area contributed by atoms with Gasteiger partial charge in [0.1, 0.15) is 11.3 Å². The maximum atomic E-state index is 12.2. The van der Waals surface area contributed by atoms with E-state index in [0.29, 0.717) is 25.2 Å². The average molecular weight is 459 g/mol. The second-order valence-corrected chi connectivity index (χ2v) is 8.69. The number of benzene rings is 1. The molecule has 0 bridgehead atoms. The Kier molecular flexibility index (Phi) is 7.42. The monoisotopic (exact) mass is 458 g/mol. The summed E-state index contributed by atoms with van der Waals surface area (Å²) in [5.74, 6) is 0.886. The van der Waals surface area contributed by atoms with Crippen LogP contribution in [0.2, 0.25) is 0 Å². The summed E-state index contributed by atoms with van der Waals surface area (Å²) in [7, 11) is 1.66. The van der Waals surface area contributed by atoms with Gasteiger partial charge in [-0.2, -0.15) is 0 Å². The lowest BCUT2D eigenvalue weighted by Gasteiger charge is -2.41. The number of fused-ring (bicyclic) bond motifs is 1. The molecule has 0 unspecified atom stereocenters. The molecule has 0 atom stereocenters. The van der Waals surface area contributed by atoms with Gasteiger partial charge in [0.15, 0.2) is 0 Å². The number of likely N-dealkylation sites (tertiary alicyclic amines) is 2. The van der Waals surface area contributed by atoms with Crippen LogP contribution in [0.15, 0.2) is 22.6 Å². The molecule has 180 valence electrons. The first-order valence-electron chi connectivity index (χ1n) is 12.0. The summed E-state index contributed by atoms with van der Waals surface area (Å²) in [4.78, 5) is 28.5. The van der Waals surface area contributed by atoms with Crippen molar-refractivity contribution in [1.29, 1.82) is 0 Å². The summed E-state index contributed by atoms with van der Waals surface area (Å²) >= 11 is 0. The molecule has 0 N–H and O–H groups in total. The van der Waals surface area contributed by atoms with Gasteiger partial charge in [-0.1, -0.05) is 0 Å². The topological polar surface area (TPSA) is 81.5 Å². The van der Waals surface area contributed by atoms with Gasteiger partial charge >= 0.3 is 12.1 Å². The van der Waals surface area contributed by atoms with Crippen molar-refractivity contribution in [3.63, 3.8) is 0 Å². The Labute approximate surface area is 194 Å². The van der Waals surface area contributed by atoms with E-state index in [9.17, 15) is 9.59 Å². The summed E-state index contributed by atoms with van der Waals surface area (Å²) in [6.07, 6.45) is 3.78. The Morgan fingerprint density at radius 2 is 1.67 bits per heavy atom. The highest BCUT2D eigenvalue weighted by Gasteiger charge is 2.31. The summed E-state index contributed by atoms with van der Waals surface area (Å²) in [6, 6.07) is 6.18. The minimum atomic E-state index is -0.442. The number of nitrogens with zero attached hydrogens (tertiary/aromatic N) is 2. The van der Waals surface area contributed by atoms with Gasteiger partial charge in [0, 0.05) is 30.1 Å². The zero-order chi connectivity index (χ0) is 23.4. The summed E-state index contributed by atoms with van der Waals surface area (Å²) in [6.45, 7) is 7.85. The molecule has 8 nitrogen and oxygen atoms in total. The highest BCUT2D eigenvalue weighted by atomic mass is 16.6.